The maximum atomic E-state index is 12.2. The maximum Gasteiger partial charge on any atom is 0.220 e. The number of ether oxygens (including phenoxy) is 1. The molecule has 0 aliphatic carbocycles. The Labute approximate surface area is 162 Å². The largest absolute Gasteiger partial charge is 0.494 e. The van der Waals surface area contributed by atoms with Gasteiger partial charge in [0.25, 0.3) is 0 Å². The van der Waals surface area contributed by atoms with Crippen LogP contribution in [0.5, 0.6) is 5.75 Å². The van der Waals surface area contributed by atoms with Crippen molar-refractivity contribution in [3.8, 4) is 5.75 Å². The number of fused-ring (bicyclic) bond motifs is 1. The van der Waals surface area contributed by atoms with Gasteiger partial charge in [0.2, 0.25) is 5.91 Å². The number of carbonyl (C=O) groups excluding carboxylic acids is 2. The number of hydrogen-bond acceptors (Lipinski definition) is 5. The molecular formula is C21H22N2O3S. The molecule has 2 aromatic carbocycles. The van der Waals surface area contributed by atoms with Crippen LogP contribution in [0.15, 0.2) is 48.5 Å². The monoisotopic (exact) mass is 382 g/mol. The minimum atomic E-state index is -0.148. The van der Waals surface area contributed by atoms with Gasteiger partial charge in [0.05, 0.1) is 23.4 Å². The molecule has 6 heteroatoms. The van der Waals surface area contributed by atoms with Crippen LogP contribution in [0.3, 0.4) is 0 Å². The molecule has 1 heterocycles. The fraction of sp³-hybridized carbons (Fsp3) is 0.286. The van der Waals surface area contributed by atoms with Crippen LogP contribution in [0.25, 0.3) is 10.2 Å². The van der Waals surface area contributed by atoms with Gasteiger partial charge in [-0.25, -0.2) is 4.98 Å². The lowest BCUT2D eigenvalue weighted by atomic mass is 10.1. The summed E-state index contributed by atoms with van der Waals surface area (Å²) in [7, 11) is 0. The fourth-order valence-electron chi connectivity index (χ4n) is 2.59. The van der Waals surface area contributed by atoms with Crippen molar-refractivity contribution in [1.29, 1.82) is 0 Å². The second-order valence-electron chi connectivity index (χ2n) is 6.15. The van der Waals surface area contributed by atoms with Crippen molar-refractivity contribution in [2.45, 2.75) is 32.7 Å². The molecule has 0 aliphatic heterocycles. The smallest absolute Gasteiger partial charge is 0.220 e. The third-order valence-electron chi connectivity index (χ3n) is 4.00. The molecule has 5 nitrogen and oxygen atoms in total. The first-order valence-corrected chi connectivity index (χ1v) is 9.84. The zero-order chi connectivity index (χ0) is 19.1. The van der Waals surface area contributed by atoms with Crippen molar-refractivity contribution in [1.82, 2.24) is 10.3 Å². The number of thiazole rings is 1. The van der Waals surface area contributed by atoms with E-state index in [0.717, 1.165) is 27.4 Å². The first-order valence-electron chi connectivity index (χ1n) is 9.03. The topological polar surface area (TPSA) is 68.3 Å². The Morgan fingerprint density at radius 3 is 2.59 bits per heavy atom. The Bertz CT molecular complexity index is 886. The quantitative estimate of drug-likeness (QED) is 0.558. The number of ketones is 1. The van der Waals surface area contributed by atoms with Crippen LogP contribution in [0.4, 0.5) is 0 Å². The van der Waals surface area contributed by atoms with Gasteiger partial charge >= 0.3 is 0 Å². The number of amides is 1. The molecule has 0 atom stereocenters. The van der Waals surface area contributed by atoms with E-state index in [1.165, 1.54) is 0 Å². The standard InChI is InChI=1S/C21H22N2O3S/c1-2-13-26-16-9-7-15(8-10-16)18(24)11-12-20(25)22-14-21-23-17-5-3-4-6-19(17)27-21/h3-10H,2,11-14H2,1H3,(H,22,25). The summed E-state index contributed by atoms with van der Waals surface area (Å²) in [5, 5.41) is 3.70. The van der Waals surface area contributed by atoms with Gasteiger partial charge in [0, 0.05) is 18.4 Å². The lowest BCUT2D eigenvalue weighted by molar-refractivity contribution is -0.121. The molecule has 0 saturated carbocycles. The summed E-state index contributed by atoms with van der Waals surface area (Å²) < 4.78 is 6.60. The van der Waals surface area contributed by atoms with E-state index in [1.54, 1.807) is 35.6 Å². The van der Waals surface area contributed by atoms with Gasteiger partial charge in [0.1, 0.15) is 10.8 Å². The molecule has 0 fully saturated rings. The Morgan fingerprint density at radius 2 is 1.85 bits per heavy atom. The number of carbonyl (C=O) groups is 2. The predicted octanol–water partition coefficient (Wildman–Crippen LogP) is 4.36. The van der Waals surface area contributed by atoms with E-state index >= 15 is 0 Å². The normalized spacial score (nSPS) is 10.7. The lowest BCUT2D eigenvalue weighted by Gasteiger charge is -2.06. The number of benzene rings is 2. The second kappa shape index (κ2) is 9.28. The van der Waals surface area contributed by atoms with Gasteiger partial charge in [-0.3, -0.25) is 9.59 Å². The number of nitrogens with one attached hydrogen (secondary N) is 1. The number of hydrogen-bond donors (Lipinski definition) is 1. The van der Waals surface area contributed by atoms with E-state index in [0.29, 0.717) is 18.7 Å². The number of nitrogens with zero attached hydrogens (tertiary/aromatic N) is 1. The van der Waals surface area contributed by atoms with E-state index in [4.69, 9.17) is 4.74 Å². The van der Waals surface area contributed by atoms with Gasteiger partial charge in [0.15, 0.2) is 5.78 Å². The first-order chi connectivity index (χ1) is 13.2. The zero-order valence-corrected chi connectivity index (χ0v) is 16.1. The van der Waals surface area contributed by atoms with Crippen LogP contribution in [0, 0.1) is 0 Å². The zero-order valence-electron chi connectivity index (χ0n) is 15.2. The highest BCUT2D eigenvalue weighted by Crippen LogP contribution is 2.21. The SMILES string of the molecule is CCCOc1ccc(C(=O)CCC(=O)NCc2nc3ccccc3s2)cc1. The van der Waals surface area contributed by atoms with Crippen LogP contribution in [0.1, 0.15) is 41.6 Å². The van der Waals surface area contributed by atoms with Crippen molar-refractivity contribution in [3.63, 3.8) is 0 Å². The summed E-state index contributed by atoms with van der Waals surface area (Å²) in [6.45, 7) is 3.08. The Hall–Kier alpha value is -2.73. The third-order valence-corrected chi connectivity index (χ3v) is 5.04. The molecule has 1 aromatic heterocycles. The maximum absolute atomic E-state index is 12.2. The van der Waals surface area contributed by atoms with Crippen molar-refractivity contribution < 1.29 is 14.3 Å². The Morgan fingerprint density at radius 1 is 1.07 bits per heavy atom. The molecule has 3 rings (SSSR count). The number of rotatable bonds is 9. The van der Waals surface area contributed by atoms with E-state index in [9.17, 15) is 9.59 Å². The molecule has 140 valence electrons. The summed E-state index contributed by atoms with van der Waals surface area (Å²) in [6, 6.07) is 14.9. The molecule has 1 amide bonds. The minimum absolute atomic E-state index is 0.0489. The summed E-state index contributed by atoms with van der Waals surface area (Å²) in [5.74, 6) is 0.555. The highest BCUT2D eigenvalue weighted by atomic mass is 32.1. The van der Waals surface area contributed by atoms with Crippen molar-refractivity contribution in [2.24, 2.45) is 0 Å². The van der Waals surface area contributed by atoms with E-state index in [-0.39, 0.29) is 24.5 Å². The van der Waals surface area contributed by atoms with Gasteiger partial charge in [-0.05, 0) is 42.8 Å². The molecule has 0 saturated heterocycles. The molecule has 3 aromatic rings. The van der Waals surface area contributed by atoms with Crippen LogP contribution in [-0.4, -0.2) is 23.3 Å². The van der Waals surface area contributed by atoms with Crippen LogP contribution in [-0.2, 0) is 11.3 Å². The van der Waals surface area contributed by atoms with E-state index in [1.807, 2.05) is 31.2 Å². The molecule has 0 bridgehead atoms. The van der Waals surface area contributed by atoms with Gasteiger partial charge in [-0.2, -0.15) is 0 Å². The van der Waals surface area contributed by atoms with Crippen molar-refractivity contribution in [3.05, 3.63) is 59.1 Å². The number of Topliss-reactive ketones (excluding diaryl/α,β-unsaturated/α-hetero) is 1. The van der Waals surface area contributed by atoms with Crippen LogP contribution in [0.2, 0.25) is 0 Å². The van der Waals surface area contributed by atoms with Gasteiger partial charge < -0.3 is 10.1 Å². The van der Waals surface area contributed by atoms with Crippen LogP contribution < -0.4 is 10.1 Å². The lowest BCUT2D eigenvalue weighted by Crippen LogP contribution is -2.23. The average molecular weight is 382 g/mol. The van der Waals surface area contributed by atoms with E-state index in [2.05, 4.69) is 10.3 Å². The molecule has 0 aliphatic rings. The van der Waals surface area contributed by atoms with Crippen LogP contribution >= 0.6 is 11.3 Å². The molecule has 27 heavy (non-hydrogen) atoms. The molecule has 1 N–H and O–H groups in total. The molecule has 0 spiro atoms. The number of para-hydroxylation sites is 1. The Kier molecular flexibility index (Phi) is 6.54. The fourth-order valence-corrected chi connectivity index (χ4v) is 3.49. The molecule has 0 radical (unpaired) electrons. The molecular weight excluding hydrogens is 360 g/mol. The highest BCUT2D eigenvalue weighted by molar-refractivity contribution is 7.18. The summed E-state index contributed by atoms with van der Waals surface area (Å²) >= 11 is 1.56. The predicted molar refractivity (Wildman–Crippen MR) is 107 cm³/mol. The van der Waals surface area contributed by atoms with Gasteiger partial charge in [-0.15, -0.1) is 11.3 Å². The Balaban J connectivity index is 1.44. The summed E-state index contributed by atoms with van der Waals surface area (Å²) in [4.78, 5) is 28.8. The van der Waals surface area contributed by atoms with Crippen molar-refractivity contribution in [2.75, 3.05) is 6.61 Å². The minimum Gasteiger partial charge on any atom is -0.494 e. The second-order valence-corrected chi connectivity index (χ2v) is 7.26. The van der Waals surface area contributed by atoms with Gasteiger partial charge in [-0.1, -0.05) is 19.1 Å². The summed E-state index contributed by atoms with van der Waals surface area (Å²) in [6.07, 6.45) is 1.28. The molecule has 0 unspecified atom stereocenters. The van der Waals surface area contributed by atoms with E-state index < -0.39 is 0 Å². The summed E-state index contributed by atoms with van der Waals surface area (Å²) in [5.41, 5.74) is 1.53. The van der Waals surface area contributed by atoms with Crippen molar-refractivity contribution >= 4 is 33.2 Å². The third kappa shape index (κ3) is 5.37. The highest BCUT2D eigenvalue weighted by Gasteiger charge is 2.10. The first kappa shape index (κ1) is 19.0. The average Bonchev–Trinajstić information content (AvgIpc) is 3.12. The number of aromatic nitrogens is 1.